The zero-order valence-corrected chi connectivity index (χ0v) is 65.7. The van der Waals surface area contributed by atoms with Crippen LogP contribution in [0.2, 0.25) is 0 Å². The van der Waals surface area contributed by atoms with E-state index in [4.69, 9.17) is 17.7 Å². The fourth-order valence-electron chi connectivity index (χ4n) is 19.7. The van der Waals surface area contributed by atoms with Gasteiger partial charge >= 0.3 is 0 Å². The van der Waals surface area contributed by atoms with Gasteiger partial charge in [-0.2, -0.15) is 0 Å². The molecule has 8 nitrogen and oxygen atoms in total. The molecule has 27 rings (SSSR count). The number of fused-ring (bicyclic) bond motifs is 24. The minimum atomic E-state index is 0.875. The highest BCUT2D eigenvalue weighted by Gasteiger charge is 2.25. The normalized spacial score (nSPS) is 12.1. The van der Waals surface area contributed by atoms with Crippen LogP contribution in [0, 0.1) is 0 Å². The summed E-state index contributed by atoms with van der Waals surface area (Å²) < 4.78 is 35.4. The number of benzene rings is 19. The van der Waals surface area contributed by atoms with E-state index in [2.05, 4.69) is 400 Å². The fraction of sp³-hybridized carbons (Fsp3) is 0. The van der Waals surface area contributed by atoms with Crippen molar-refractivity contribution in [2.24, 2.45) is 0 Å². The lowest BCUT2D eigenvalue weighted by molar-refractivity contribution is 0.669. The summed E-state index contributed by atoms with van der Waals surface area (Å²) in [4.78, 5) is 0. The molecule has 19 aromatic carbocycles. The number of hydrogen-bond donors (Lipinski definition) is 0. The van der Waals surface area contributed by atoms with Gasteiger partial charge in [-0.15, -0.1) is 0 Å². The molecular weight excluding hydrogens is 1490 g/mol. The van der Waals surface area contributed by atoms with Gasteiger partial charge in [0.05, 0.1) is 44.1 Å². The molecule has 0 radical (unpaired) electrons. The largest absolute Gasteiger partial charge is 0.456 e. The molecule has 8 heteroatoms. The molecule has 0 N–H and O–H groups in total. The van der Waals surface area contributed by atoms with E-state index in [0.717, 1.165) is 177 Å². The van der Waals surface area contributed by atoms with Gasteiger partial charge in [-0.1, -0.05) is 237 Å². The van der Waals surface area contributed by atoms with Gasteiger partial charge in [-0.25, -0.2) is 0 Å². The molecule has 0 saturated heterocycles. The lowest BCUT2D eigenvalue weighted by Gasteiger charge is -2.14. The van der Waals surface area contributed by atoms with E-state index in [9.17, 15) is 0 Å². The van der Waals surface area contributed by atoms with E-state index >= 15 is 0 Å². The van der Waals surface area contributed by atoms with Crippen molar-refractivity contribution in [2.45, 2.75) is 0 Å². The summed E-state index contributed by atoms with van der Waals surface area (Å²) in [6.07, 6.45) is 0. The van der Waals surface area contributed by atoms with Gasteiger partial charge < -0.3 is 35.9 Å². The number of nitrogens with zero attached hydrogens (tertiary/aromatic N) is 4. The molecule has 568 valence electrons. The topological polar surface area (TPSA) is 72.3 Å². The van der Waals surface area contributed by atoms with Crippen molar-refractivity contribution in [1.82, 2.24) is 18.3 Å². The molecule has 0 spiro atoms. The molecule has 122 heavy (non-hydrogen) atoms. The smallest absolute Gasteiger partial charge is 0.137 e. The first-order valence-electron chi connectivity index (χ1n) is 41.6. The van der Waals surface area contributed by atoms with Gasteiger partial charge in [-0.3, -0.25) is 0 Å². The van der Waals surface area contributed by atoms with Crippen molar-refractivity contribution in [3.05, 3.63) is 413 Å². The second-order valence-electron chi connectivity index (χ2n) is 32.2. The summed E-state index contributed by atoms with van der Waals surface area (Å²) >= 11 is 0. The third-order valence-electron chi connectivity index (χ3n) is 25.4. The SMILES string of the molecule is c1ccc(-c2cc(-c3ccccc3)cc(-n3c4ccc(-c5ccc6c(c5)c5cc7c(cc5n6-c5ccccc5)oc5ccccc57)cc4c4cc5c(cc43)oc3ccccc35)c2)cc1.c1ccc(-c2ccc(-n3c4ccc(-c5ccc6c(c5)c5cc7c(cc5n6-c5ccccc5)oc5ccccc57)cc4c4cc5c(cc43)oc3ccccc35)cc2)cc1. The molecule has 0 atom stereocenters. The van der Waals surface area contributed by atoms with E-state index < -0.39 is 0 Å². The first-order chi connectivity index (χ1) is 60.4. The summed E-state index contributed by atoms with van der Waals surface area (Å²) in [5.74, 6) is 0. The fourth-order valence-corrected chi connectivity index (χ4v) is 19.7. The van der Waals surface area contributed by atoms with Gasteiger partial charge in [0.2, 0.25) is 0 Å². The summed E-state index contributed by atoms with van der Waals surface area (Å²) in [7, 11) is 0. The Morgan fingerprint density at radius 3 is 0.648 bits per heavy atom. The summed E-state index contributed by atoms with van der Waals surface area (Å²) in [5, 5.41) is 18.6. The summed E-state index contributed by atoms with van der Waals surface area (Å²) in [6.45, 7) is 0. The molecule has 0 amide bonds. The van der Waals surface area contributed by atoms with Crippen LogP contribution < -0.4 is 0 Å². The Bertz CT molecular complexity index is 8930. The maximum atomic E-state index is 6.56. The Morgan fingerprint density at radius 2 is 0.344 bits per heavy atom. The predicted octanol–water partition coefficient (Wildman–Crippen LogP) is 31.7. The first kappa shape index (κ1) is 67.7. The van der Waals surface area contributed by atoms with Gasteiger partial charge in [0.25, 0.3) is 0 Å². The Kier molecular flexibility index (Phi) is 14.7. The summed E-state index contributed by atoms with van der Waals surface area (Å²) in [5.41, 5.74) is 32.4. The van der Waals surface area contributed by atoms with E-state index in [-0.39, 0.29) is 0 Å². The molecule has 0 saturated carbocycles. The van der Waals surface area contributed by atoms with Crippen LogP contribution in [0.5, 0.6) is 0 Å². The van der Waals surface area contributed by atoms with E-state index in [1.165, 1.54) is 76.5 Å². The van der Waals surface area contributed by atoms with Crippen LogP contribution in [0.1, 0.15) is 0 Å². The third-order valence-corrected chi connectivity index (χ3v) is 25.4. The lowest BCUT2D eigenvalue weighted by atomic mass is 9.98. The Morgan fingerprint density at radius 1 is 0.115 bits per heavy atom. The van der Waals surface area contributed by atoms with Crippen molar-refractivity contribution in [1.29, 1.82) is 0 Å². The minimum absolute atomic E-state index is 0.875. The molecule has 0 aliphatic heterocycles. The van der Waals surface area contributed by atoms with Crippen molar-refractivity contribution in [3.63, 3.8) is 0 Å². The van der Waals surface area contributed by atoms with Crippen molar-refractivity contribution in [2.75, 3.05) is 0 Å². The zero-order valence-electron chi connectivity index (χ0n) is 65.7. The highest BCUT2D eigenvalue weighted by atomic mass is 16.3. The van der Waals surface area contributed by atoms with Crippen LogP contribution in [0.15, 0.2) is 430 Å². The van der Waals surface area contributed by atoms with Crippen LogP contribution in [-0.4, -0.2) is 18.3 Å². The number of aromatic nitrogens is 4. The number of rotatable bonds is 9. The van der Waals surface area contributed by atoms with Gasteiger partial charge in [0.1, 0.15) is 44.7 Å². The molecule has 8 aromatic heterocycles. The Hall–Kier alpha value is -16.4. The molecular formula is C114H68N4O4. The molecule has 0 fully saturated rings. The van der Waals surface area contributed by atoms with E-state index in [1.807, 2.05) is 30.3 Å². The van der Waals surface area contributed by atoms with Crippen LogP contribution in [0.25, 0.3) is 253 Å². The highest BCUT2D eigenvalue weighted by molar-refractivity contribution is 6.23. The summed E-state index contributed by atoms with van der Waals surface area (Å²) in [6, 6.07) is 148. The Labute approximate surface area is 697 Å². The lowest BCUT2D eigenvalue weighted by Crippen LogP contribution is -1.96. The van der Waals surface area contributed by atoms with Gasteiger partial charge in [0.15, 0.2) is 0 Å². The van der Waals surface area contributed by atoms with E-state index in [0.29, 0.717) is 0 Å². The first-order valence-corrected chi connectivity index (χ1v) is 41.6. The number of furan rings is 4. The van der Waals surface area contributed by atoms with Crippen LogP contribution >= 0.6 is 0 Å². The van der Waals surface area contributed by atoms with Gasteiger partial charge in [0, 0.05) is 133 Å². The van der Waals surface area contributed by atoms with Crippen LogP contribution in [0.4, 0.5) is 0 Å². The molecule has 0 bridgehead atoms. The van der Waals surface area contributed by atoms with Crippen molar-refractivity contribution < 1.29 is 17.7 Å². The average molecular weight is 1560 g/mol. The Balaban J connectivity index is 0.000000132. The monoisotopic (exact) mass is 1560 g/mol. The maximum Gasteiger partial charge on any atom is 0.137 e. The maximum absolute atomic E-state index is 6.56. The molecule has 0 aliphatic carbocycles. The van der Waals surface area contributed by atoms with Crippen molar-refractivity contribution >= 4 is 175 Å². The number of para-hydroxylation sites is 6. The molecule has 0 unspecified atom stereocenters. The minimum Gasteiger partial charge on any atom is -0.456 e. The van der Waals surface area contributed by atoms with Crippen LogP contribution in [-0.2, 0) is 0 Å². The standard InChI is InChI=1S/C60H36N2O2.C54H32N2O2/c1-4-14-37(15-5-1)41-28-42(38-16-6-2-7-17-38)30-44(29-41)62-54-27-25-40(32-48(54)50-34-52-46-21-11-13-23-58(46)64-60(52)36-56(50)62)39-24-26-53-47(31-39)49-33-51-45-20-10-12-22-57(45)63-59(51)35-55(49)61(53)43-18-8-3-9-19-43;1-3-11-33(12-4-1)34-19-23-38(24-20-34)56-48-26-22-36(28-42(48)44-30-46-40-16-8-10-18-52(40)58-54(46)32-50(44)56)35-21-25-47-41(27-35)43-29-45-39-15-7-9-17-51(39)57-53(45)31-49(43)55(47)37-13-5-2-6-14-37/h1-36H;1-32H. The zero-order chi connectivity index (χ0) is 79.8. The predicted molar refractivity (Wildman–Crippen MR) is 507 cm³/mol. The molecule has 27 aromatic rings. The molecule has 8 heterocycles. The second-order valence-corrected chi connectivity index (χ2v) is 32.2. The van der Waals surface area contributed by atoms with Crippen LogP contribution in [0.3, 0.4) is 0 Å². The average Bonchev–Trinajstić information content (AvgIpc) is 1.57. The molecule has 0 aliphatic rings. The van der Waals surface area contributed by atoms with E-state index in [1.54, 1.807) is 0 Å². The van der Waals surface area contributed by atoms with Crippen molar-refractivity contribution in [3.8, 4) is 78.4 Å². The quantitative estimate of drug-likeness (QED) is 0.144. The third kappa shape index (κ3) is 10.5. The highest BCUT2D eigenvalue weighted by Crippen LogP contribution is 2.48. The van der Waals surface area contributed by atoms with Gasteiger partial charge in [-0.05, 0) is 207 Å². The number of hydrogen-bond acceptors (Lipinski definition) is 4. The second kappa shape index (κ2) is 26.5.